The average molecular weight is 343 g/mol. The maximum atomic E-state index is 12.8. The molecule has 124 valence electrons. The third kappa shape index (κ3) is 2.70. The van der Waals surface area contributed by atoms with Gasteiger partial charge in [-0.3, -0.25) is 9.59 Å². The standard InChI is InChI=1S/C17H17N3O3S/c21-15-8-23-16-12(11-4-2-1-3-5-11)7-20(14(16)6-18-15)17(22)13-9-24-10-19-13/h1-5,9-10,12,14,16H,6-8H2,(H,18,21)/t12-,14-,16-/m1/s1. The average Bonchev–Trinajstić information content (AvgIpc) is 3.22. The van der Waals surface area contributed by atoms with E-state index in [0.717, 1.165) is 5.56 Å². The van der Waals surface area contributed by atoms with Gasteiger partial charge < -0.3 is 15.0 Å². The summed E-state index contributed by atoms with van der Waals surface area (Å²) in [6.07, 6.45) is -0.200. The van der Waals surface area contributed by atoms with Gasteiger partial charge in [0.1, 0.15) is 12.3 Å². The SMILES string of the molecule is O=C1CO[C@@H]2[C@@H](c3ccccc3)CN(C(=O)c3cscn3)[C@@H]2CN1. The van der Waals surface area contributed by atoms with Gasteiger partial charge in [0.15, 0.2) is 0 Å². The predicted molar refractivity (Wildman–Crippen MR) is 88.9 cm³/mol. The number of rotatable bonds is 2. The number of ether oxygens (including phenoxy) is 1. The lowest BCUT2D eigenvalue weighted by molar-refractivity contribution is -0.125. The first-order valence-electron chi connectivity index (χ1n) is 7.86. The van der Waals surface area contributed by atoms with Gasteiger partial charge in [0.2, 0.25) is 5.91 Å². The molecule has 3 heterocycles. The highest BCUT2D eigenvalue weighted by Crippen LogP contribution is 2.35. The molecule has 0 unspecified atom stereocenters. The van der Waals surface area contributed by atoms with Crippen molar-refractivity contribution in [1.82, 2.24) is 15.2 Å². The van der Waals surface area contributed by atoms with Crippen LogP contribution in [0.15, 0.2) is 41.2 Å². The van der Waals surface area contributed by atoms with Crippen LogP contribution < -0.4 is 5.32 Å². The molecule has 4 rings (SSSR count). The smallest absolute Gasteiger partial charge is 0.273 e. The van der Waals surface area contributed by atoms with Gasteiger partial charge in [-0.05, 0) is 5.56 Å². The molecule has 0 saturated carbocycles. The number of carbonyl (C=O) groups excluding carboxylic acids is 2. The summed E-state index contributed by atoms with van der Waals surface area (Å²) in [5.74, 6) is -0.201. The van der Waals surface area contributed by atoms with E-state index in [1.54, 1.807) is 15.8 Å². The molecular formula is C17H17N3O3S. The lowest BCUT2D eigenvalue weighted by Gasteiger charge is -2.25. The molecule has 2 aromatic rings. The van der Waals surface area contributed by atoms with Crippen molar-refractivity contribution in [3.8, 4) is 0 Å². The molecule has 3 atom stereocenters. The number of aromatic nitrogens is 1. The normalized spacial score (nSPS) is 26.6. The Kier molecular flexibility index (Phi) is 4.03. The summed E-state index contributed by atoms with van der Waals surface area (Å²) in [5, 5.41) is 4.60. The van der Waals surface area contributed by atoms with Crippen LogP contribution >= 0.6 is 11.3 Å². The number of amides is 2. The zero-order valence-corrected chi connectivity index (χ0v) is 13.7. The largest absolute Gasteiger partial charge is 0.365 e. The van der Waals surface area contributed by atoms with E-state index < -0.39 is 0 Å². The van der Waals surface area contributed by atoms with Gasteiger partial charge in [-0.2, -0.15) is 0 Å². The molecule has 7 heteroatoms. The van der Waals surface area contributed by atoms with E-state index in [1.165, 1.54) is 11.3 Å². The van der Waals surface area contributed by atoms with E-state index >= 15 is 0 Å². The van der Waals surface area contributed by atoms with Crippen molar-refractivity contribution in [2.45, 2.75) is 18.1 Å². The zero-order chi connectivity index (χ0) is 16.5. The quantitative estimate of drug-likeness (QED) is 0.891. The number of nitrogens with zero attached hydrogens (tertiary/aromatic N) is 2. The van der Waals surface area contributed by atoms with Crippen LogP contribution in [0.5, 0.6) is 0 Å². The van der Waals surface area contributed by atoms with Gasteiger partial charge in [0, 0.05) is 24.4 Å². The minimum absolute atomic E-state index is 0.0310. The second kappa shape index (κ2) is 6.33. The molecule has 2 aliphatic heterocycles. The molecule has 2 aliphatic rings. The van der Waals surface area contributed by atoms with Crippen LogP contribution in [0.4, 0.5) is 0 Å². The molecule has 2 saturated heterocycles. The fraction of sp³-hybridized carbons (Fsp3) is 0.353. The predicted octanol–water partition coefficient (Wildman–Crippen LogP) is 1.27. The third-order valence-corrected chi connectivity index (χ3v) is 5.21. The van der Waals surface area contributed by atoms with Crippen molar-refractivity contribution in [1.29, 1.82) is 0 Å². The monoisotopic (exact) mass is 343 g/mol. The van der Waals surface area contributed by atoms with Gasteiger partial charge in [-0.15, -0.1) is 11.3 Å². The number of likely N-dealkylation sites (tertiary alicyclic amines) is 1. The number of nitrogens with one attached hydrogen (secondary N) is 1. The Morgan fingerprint density at radius 2 is 2.17 bits per heavy atom. The highest BCUT2D eigenvalue weighted by Gasteiger charge is 2.47. The summed E-state index contributed by atoms with van der Waals surface area (Å²) < 4.78 is 5.88. The lowest BCUT2D eigenvalue weighted by atomic mass is 9.93. The Morgan fingerprint density at radius 1 is 1.33 bits per heavy atom. The lowest BCUT2D eigenvalue weighted by Crippen LogP contribution is -2.45. The molecule has 0 radical (unpaired) electrons. The topological polar surface area (TPSA) is 71.5 Å². The number of benzene rings is 1. The Hall–Kier alpha value is -2.25. The summed E-state index contributed by atoms with van der Waals surface area (Å²) in [5.41, 5.74) is 3.22. The minimum atomic E-state index is -0.200. The number of thiazole rings is 1. The van der Waals surface area contributed by atoms with E-state index in [4.69, 9.17) is 4.74 Å². The van der Waals surface area contributed by atoms with Crippen LogP contribution in [0.1, 0.15) is 22.0 Å². The van der Waals surface area contributed by atoms with Crippen molar-refractivity contribution in [2.24, 2.45) is 0 Å². The van der Waals surface area contributed by atoms with Crippen LogP contribution in [0.2, 0.25) is 0 Å². The number of fused-ring (bicyclic) bond motifs is 1. The minimum Gasteiger partial charge on any atom is -0.365 e. The Morgan fingerprint density at radius 3 is 2.92 bits per heavy atom. The van der Waals surface area contributed by atoms with Gasteiger partial charge >= 0.3 is 0 Å². The summed E-state index contributed by atoms with van der Waals surface area (Å²) in [7, 11) is 0. The van der Waals surface area contributed by atoms with Crippen LogP contribution in [0.3, 0.4) is 0 Å². The number of hydrogen-bond donors (Lipinski definition) is 1. The summed E-state index contributed by atoms with van der Waals surface area (Å²) in [6.45, 7) is 0.998. The Labute approximate surface area is 143 Å². The molecule has 2 fully saturated rings. The number of hydrogen-bond acceptors (Lipinski definition) is 5. The van der Waals surface area contributed by atoms with Crippen molar-refractivity contribution in [3.63, 3.8) is 0 Å². The van der Waals surface area contributed by atoms with Crippen LogP contribution in [-0.4, -0.2) is 53.5 Å². The van der Waals surface area contributed by atoms with E-state index in [2.05, 4.69) is 10.3 Å². The highest BCUT2D eigenvalue weighted by atomic mass is 32.1. The van der Waals surface area contributed by atoms with Gasteiger partial charge in [0.25, 0.3) is 5.91 Å². The maximum Gasteiger partial charge on any atom is 0.273 e. The van der Waals surface area contributed by atoms with Crippen molar-refractivity contribution in [2.75, 3.05) is 19.7 Å². The van der Waals surface area contributed by atoms with Crippen LogP contribution in [-0.2, 0) is 9.53 Å². The second-order valence-electron chi connectivity index (χ2n) is 6.00. The van der Waals surface area contributed by atoms with E-state index in [-0.39, 0.29) is 36.5 Å². The molecular weight excluding hydrogens is 326 g/mol. The first-order valence-corrected chi connectivity index (χ1v) is 8.80. The van der Waals surface area contributed by atoms with Crippen molar-refractivity contribution < 1.29 is 14.3 Å². The van der Waals surface area contributed by atoms with Gasteiger partial charge in [-0.25, -0.2) is 4.98 Å². The third-order valence-electron chi connectivity index (χ3n) is 4.62. The fourth-order valence-electron chi connectivity index (χ4n) is 3.49. The molecule has 24 heavy (non-hydrogen) atoms. The molecule has 1 aromatic carbocycles. The van der Waals surface area contributed by atoms with Crippen molar-refractivity contribution in [3.05, 3.63) is 52.5 Å². The first kappa shape index (κ1) is 15.3. The van der Waals surface area contributed by atoms with Crippen LogP contribution in [0, 0.1) is 0 Å². The molecule has 0 bridgehead atoms. The van der Waals surface area contributed by atoms with E-state index in [1.807, 2.05) is 30.3 Å². The molecule has 1 N–H and O–H groups in total. The Bertz CT molecular complexity index is 735. The zero-order valence-electron chi connectivity index (χ0n) is 12.9. The maximum absolute atomic E-state index is 12.8. The fourth-order valence-corrected chi connectivity index (χ4v) is 4.01. The Balaban J connectivity index is 1.67. The van der Waals surface area contributed by atoms with E-state index in [9.17, 15) is 9.59 Å². The highest BCUT2D eigenvalue weighted by molar-refractivity contribution is 7.07. The number of carbonyl (C=O) groups is 2. The summed E-state index contributed by atoms with van der Waals surface area (Å²) in [4.78, 5) is 30.5. The van der Waals surface area contributed by atoms with Crippen molar-refractivity contribution >= 4 is 23.2 Å². The summed E-state index contributed by atoms with van der Waals surface area (Å²) >= 11 is 1.40. The molecule has 6 nitrogen and oxygen atoms in total. The van der Waals surface area contributed by atoms with Gasteiger partial charge in [0.05, 0.1) is 17.7 Å². The van der Waals surface area contributed by atoms with E-state index in [0.29, 0.717) is 18.8 Å². The molecule has 0 spiro atoms. The molecule has 2 amide bonds. The van der Waals surface area contributed by atoms with Gasteiger partial charge in [-0.1, -0.05) is 30.3 Å². The second-order valence-corrected chi connectivity index (χ2v) is 6.71. The molecule has 1 aromatic heterocycles. The first-order chi connectivity index (χ1) is 11.7. The summed E-state index contributed by atoms with van der Waals surface area (Å²) in [6, 6.07) is 9.83. The molecule has 0 aliphatic carbocycles. The van der Waals surface area contributed by atoms with Crippen LogP contribution in [0.25, 0.3) is 0 Å².